The van der Waals surface area contributed by atoms with Gasteiger partial charge in [0.2, 0.25) is 10.0 Å². The smallest absolute Gasteiger partial charge is 0.262 e. The molecule has 2 aromatic rings. The SMILES string of the molecule is C/C=C/c1ccc(OCC(=O)Nc2cccc(S(=O)(=O)N3CCN(CC)CC3)c2)c(OC)c1. The molecule has 178 valence electrons. The predicted octanol–water partition coefficient (Wildman–Crippen LogP) is 3.07. The molecular formula is C24H31N3O5S. The standard InChI is InChI=1S/C24H31N3O5S/c1-4-7-19-10-11-22(23(16-19)31-3)32-18-24(28)25-20-8-6-9-21(17-20)33(29,30)27-14-12-26(5-2)13-15-27/h4,6-11,16-17H,5,12-15,18H2,1-3H3,(H,25,28)/b7-4+. The molecule has 0 aliphatic carbocycles. The highest BCUT2D eigenvalue weighted by Crippen LogP contribution is 2.28. The van der Waals surface area contributed by atoms with Gasteiger partial charge < -0.3 is 19.7 Å². The lowest BCUT2D eigenvalue weighted by molar-refractivity contribution is -0.118. The van der Waals surface area contributed by atoms with E-state index in [1.807, 2.05) is 31.2 Å². The Balaban J connectivity index is 1.63. The number of carbonyl (C=O) groups is 1. The highest BCUT2D eigenvalue weighted by Gasteiger charge is 2.28. The van der Waals surface area contributed by atoms with E-state index in [4.69, 9.17) is 9.47 Å². The number of likely N-dealkylation sites (N-methyl/N-ethyl adjacent to an activating group) is 1. The summed E-state index contributed by atoms with van der Waals surface area (Å²) in [5.74, 6) is 0.568. The van der Waals surface area contributed by atoms with Gasteiger partial charge in [-0.1, -0.05) is 31.2 Å². The number of hydrogen-bond donors (Lipinski definition) is 1. The second-order valence-electron chi connectivity index (χ2n) is 7.61. The number of carbonyl (C=O) groups excluding carboxylic acids is 1. The van der Waals surface area contributed by atoms with Gasteiger partial charge in [0.05, 0.1) is 12.0 Å². The summed E-state index contributed by atoms with van der Waals surface area (Å²) in [5.41, 5.74) is 1.35. The molecule has 0 spiro atoms. The molecule has 9 heteroatoms. The Morgan fingerprint density at radius 1 is 1.09 bits per heavy atom. The molecule has 1 fully saturated rings. The van der Waals surface area contributed by atoms with Crippen molar-refractivity contribution in [2.75, 3.05) is 51.8 Å². The topological polar surface area (TPSA) is 88.2 Å². The maximum Gasteiger partial charge on any atom is 0.262 e. The van der Waals surface area contributed by atoms with Crippen molar-refractivity contribution in [1.29, 1.82) is 0 Å². The van der Waals surface area contributed by atoms with Crippen LogP contribution in [0, 0.1) is 0 Å². The minimum Gasteiger partial charge on any atom is -0.493 e. The highest BCUT2D eigenvalue weighted by atomic mass is 32.2. The molecule has 0 radical (unpaired) electrons. The third-order valence-electron chi connectivity index (χ3n) is 5.44. The molecular weight excluding hydrogens is 442 g/mol. The van der Waals surface area contributed by atoms with Crippen LogP contribution in [0.3, 0.4) is 0 Å². The number of rotatable bonds is 9. The minimum absolute atomic E-state index is 0.160. The molecule has 0 aromatic heterocycles. The van der Waals surface area contributed by atoms with Crippen LogP contribution in [0.15, 0.2) is 53.4 Å². The largest absolute Gasteiger partial charge is 0.493 e. The quantitative estimate of drug-likeness (QED) is 0.602. The number of piperazine rings is 1. The highest BCUT2D eigenvalue weighted by molar-refractivity contribution is 7.89. The van der Waals surface area contributed by atoms with E-state index in [9.17, 15) is 13.2 Å². The van der Waals surface area contributed by atoms with E-state index in [1.54, 1.807) is 24.3 Å². The predicted molar refractivity (Wildman–Crippen MR) is 129 cm³/mol. The summed E-state index contributed by atoms with van der Waals surface area (Å²) in [6, 6.07) is 11.7. The van der Waals surface area contributed by atoms with Crippen molar-refractivity contribution in [3.05, 3.63) is 54.1 Å². The molecule has 1 amide bonds. The summed E-state index contributed by atoms with van der Waals surface area (Å²) in [7, 11) is -2.09. The van der Waals surface area contributed by atoms with Crippen LogP contribution in [0.5, 0.6) is 11.5 Å². The van der Waals surface area contributed by atoms with Crippen LogP contribution in [-0.4, -0.2) is 70.0 Å². The maximum atomic E-state index is 13.0. The van der Waals surface area contributed by atoms with Gasteiger partial charge in [0.25, 0.3) is 5.91 Å². The van der Waals surface area contributed by atoms with Crippen LogP contribution in [0.2, 0.25) is 0 Å². The van der Waals surface area contributed by atoms with E-state index < -0.39 is 15.9 Å². The summed E-state index contributed by atoms with van der Waals surface area (Å²) in [4.78, 5) is 14.8. The summed E-state index contributed by atoms with van der Waals surface area (Å²) in [5, 5.41) is 2.71. The summed E-state index contributed by atoms with van der Waals surface area (Å²) in [6.45, 7) is 6.98. The summed E-state index contributed by atoms with van der Waals surface area (Å²) < 4.78 is 38.5. The van der Waals surface area contributed by atoms with Gasteiger partial charge in [-0.2, -0.15) is 4.31 Å². The van der Waals surface area contributed by atoms with Gasteiger partial charge in [0.15, 0.2) is 18.1 Å². The molecule has 0 atom stereocenters. The third-order valence-corrected chi connectivity index (χ3v) is 7.33. The first-order chi connectivity index (χ1) is 15.9. The number of nitrogens with one attached hydrogen (secondary N) is 1. The lowest BCUT2D eigenvalue weighted by Crippen LogP contribution is -2.48. The number of ether oxygens (including phenoxy) is 2. The maximum absolute atomic E-state index is 13.0. The van der Waals surface area contributed by atoms with E-state index in [1.165, 1.54) is 17.5 Å². The first-order valence-electron chi connectivity index (χ1n) is 10.9. The van der Waals surface area contributed by atoms with Gasteiger partial charge in [0.1, 0.15) is 0 Å². The van der Waals surface area contributed by atoms with Crippen LogP contribution in [-0.2, 0) is 14.8 Å². The lowest BCUT2D eigenvalue weighted by atomic mass is 10.2. The van der Waals surface area contributed by atoms with E-state index in [0.29, 0.717) is 43.4 Å². The first-order valence-corrected chi connectivity index (χ1v) is 12.4. The average Bonchev–Trinajstić information content (AvgIpc) is 2.83. The third kappa shape index (κ3) is 6.34. The molecule has 2 aromatic carbocycles. The number of anilines is 1. The molecule has 1 saturated heterocycles. The van der Waals surface area contributed by atoms with Crippen molar-refractivity contribution in [2.45, 2.75) is 18.7 Å². The van der Waals surface area contributed by atoms with E-state index >= 15 is 0 Å². The van der Waals surface area contributed by atoms with Crippen molar-refractivity contribution in [1.82, 2.24) is 9.21 Å². The van der Waals surface area contributed by atoms with Crippen LogP contribution < -0.4 is 14.8 Å². The Morgan fingerprint density at radius 3 is 2.52 bits per heavy atom. The molecule has 0 saturated carbocycles. The zero-order valence-electron chi connectivity index (χ0n) is 19.3. The molecule has 8 nitrogen and oxygen atoms in total. The number of amides is 1. The van der Waals surface area contributed by atoms with Crippen molar-refractivity contribution in [3.63, 3.8) is 0 Å². The molecule has 33 heavy (non-hydrogen) atoms. The van der Waals surface area contributed by atoms with Crippen molar-refractivity contribution < 1.29 is 22.7 Å². The van der Waals surface area contributed by atoms with Gasteiger partial charge in [-0.25, -0.2) is 8.42 Å². The minimum atomic E-state index is -3.62. The average molecular weight is 474 g/mol. The van der Waals surface area contributed by atoms with E-state index in [0.717, 1.165) is 12.1 Å². The van der Waals surface area contributed by atoms with Gasteiger partial charge >= 0.3 is 0 Å². The van der Waals surface area contributed by atoms with Gasteiger partial charge in [-0.15, -0.1) is 0 Å². The van der Waals surface area contributed by atoms with Gasteiger partial charge in [0, 0.05) is 31.9 Å². The van der Waals surface area contributed by atoms with Crippen LogP contribution in [0.25, 0.3) is 6.08 Å². The Morgan fingerprint density at radius 2 is 1.85 bits per heavy atom. The van der Waals surface area contributed by atoms with E-state index in [-0.39, 0.29) is 11.5 Å². The molecule has 3 rings (SSSR count). The number of methoxy groups -OCH3 is 1. The zero-order valence-corrected chi connectivity index (χ0v) is 20.1. The number of hydrogen-bond acceptors (Lipinski definition) is 6. The Kier molecular flexibility index (Phi) is 8.49. The number of benzene rings is 2. The second kappa shape index (κ2) is 11.3. The Labute approximate surface area is 195 Å². The van der Waals surface area contributed by atoms with Crippen LogP contribution in [0.1, 0.15) is 19.4 Å². The molecule has 0 unspecified atom stereocenters. The fourth-order valence-corrected chi connectivity index (χ4v) is 5.08. The number of sulfonamides is 1. The number of allylic oxidation sites excluding steroid dienone is 1. The normalized spacial score (nSPS) is 15.5. The Bertz CT molecular complexity index is 1090. The summed E-state index contributed by atoms with van der Waals surface area (Å²) in [6.07, 6.45) is 3.85. The summed E-state index contributed by atoms with van der Waals surface area (Å²) >= 11 is 0. The van der Waals surface area contributed by atoms with Gasteiger partial charge in [-0.05, 0) is 49.4 Å². The molecule has 0 bridgehead atoms. The fraction of sp³-hybridized carbons (Fsp3) is 0.375. The van der Waals surface area contributed by atoms with Crippen molar-refractivity contribution in [2.24, 2.45) is 0 Å². The number of nitrogens with zero attached hydrogens (tertiary/aromatic N) is 2. The zero-order chi connectivity index (χ0) is 23.8. The van der Waals surface area contributed by atoms with Crippen molar-refractivity contribution in [3.8, 4) is 11.5 Å². The fourth-order valence-electron chi connectivity index (χ4n) is 3.61. The first kappa shape index (κ1) is 24.8. The van der Waals surface area contributed by atoms with Crippen molar-refractivity contribution >= 4 is 27.7 Å². The van der Waals surface area contributed by atoms with Crippen LogP contribution in [0.4, 0.5) is 5.69 Å². The lowest BCUT2D eigenvalue weighted by Gasteiger charge is -2.33. The second-order valence-corrected chi connectivity index (χ2v) is 9.55. The van der Waals surface area contributed by atoms with Gasteiger partial charge in [-0.3, -0.25) is 4.79 Å². The molecule has 1 N–H and O–H groups in total. The van der Waals surface area contributed by atoms with Crippen LogP contribution >= 0.6 is 0 Å². The molecule has 1 heterocycles. The van der Waals surface area contributed by atoms with E-state index in [2.05, 4.69) is 17.1 Å². The molecule has 1 aliphatic heterocycles. The molecule has 1 aliphatic rings. The monoisotopic (exact) mass is 473 g/mol. The Hall–Kier alpha value is -2.88.